The number of ether oxygens (including phenoxy) is 2. The molecule has 0 bridgehead atoms. The maximum absolute atomic E-state index is 12.4. The Hall–Kier alpha value is -3.59. The van der Waals surface area contributed by atoms with Crippen molar-refractivity contribution in [2.24, 2.45) is 0 Å². The van der Waals surface area contributed by atoms with Crippen LogP contribution in [0.15, 0.2) is 47.8 Å². The van der Waals surface area contributed by atoms with E-state index in [4.69, 9.17) is 9.47 Å². The van der Waals surface area contributed by atoms with Crippen LogP contribution in [-0.2, 0) is 0 Å². The lowest BCUT2D eigenvalue weighted by atomic mass is 10.2. The second-order valence-corrected chi connectivity index (χ2v) is 6.87. The molecule has 0 fully saturated rings. The number of nitrogens with zero attached hydrogens (tertiary/aromatic N) is 1. The summed E-state index contributed by atoms with van der Waals surface area (Å²) in [4.78, 5) is 28.7. The average molecular weight is 412 g/mol. The molecule has 29 heavy (non-hydrogen) atoms. The van der Waals surface area contributed by atoms with Gasteiger partial charge in [0.05, 0.1) is 14.2 Å². The molecule has 1 aromatic heterocycles. The predicted octanol–water partition coefficient (Wildman–Crippen LogP) is 4.37. The van der Waals surface area contributed by atoms with Gasteiger partial charge in [0.15, 0.2) is 16.6 Å². The number of carbonyl (C=O) groups is 2. The van der Waals surface area contributed by atoms with Crippen LogP contribution in [0.4, 0.5) is 21.3 Å². The molecular weight excluding hydrogens is 392 g/mol. The number of benzene rings is 2. The second kappa shape index (κ2) is 9.07. The van der Waals surface area contributed by atoms with E-state index in [0.29, 0.717) is 28.0 Å². The summed E-state index contributed by atoms with van der Waals surface area (Å²) in [6, 6.07) is 12.0. The first-order valence-corrected chi connectivity index (χ1v) is 9.50. The Labute approximate surface area is 171 Å². The van der Waals surface area contributed by atoms with Crippen molar-refractivity contribution in [3.05, 3.63) is 59.1 Å². The van der Waals surface area contributed by atoms with Crippen LogP contribution in [0, 0.1) is 6.92 Å². The molecule has 0 aliphatic carbocycles. The van der Waals surface area contributed by atoms with Crippen molar-refractivity contribution in [3.63, 3.8) is 0 Å². The highest BCUT2D eigenvalue weighted by atomic mass is 32.1. The summed E-state index contributed by atoms with van der Waals surface area (Å²) < 4.78 is 10.4. The van der Waals surface area contributed by atoms with Gasteiger partial charge in [0.25, 0.3) is 5.91 Å². The van der Waals surface area contributed by atoms with E-state index in [-0.39, 0.29) is 5.69 Å². The Morgan fingerprint density at radius 1 is 0.931 bits per heavy atom. The van der Waals surface area contributed by atoms with E-state index in [2.05, 4.69) is 20.9 Å². The molecule has 0 radical (unpaired) electrons. The van der Waals surface area contributed by atoms with Crippen molar-refractivity contribution in [1.29, 1.82) is 0 Å². The topological polar surface area (TPSA) is 102 Å². The predicted molar refractivity (Wildman–Crippen MR) is 113 cm³/mol. The molecule has 0 aliphatic rings. The Bertz CT molecular complexity index is 1030. The molecular formula is C20H20N4O4S. The Morgan fingerprint density at radius 3 is 2.41 bits per heavy atom. The number of carbonyl (C=O) groups excluding carboxylic acids is 2. The van der Waals surface area contributed by atoms with Crippen LogP contribution in [0.2, 0.25) is 0 Å². The SMILES string of the molecule is COc1ccc(NC(=O)c2csc(NC(=O)Nc3cccc(C)c3)n2)cc1OC. The number of hydrogen-bond acceptors (Lipinski definition) is 6. The van der Waals surface area contributed by atoms with E-state index < -0.39 is 11.9 Å². The largest absolute Gasteiger partial charge is 0.493 e. The van der Waals surface area contributed by atoms with Gasteiger partial charge in [0.2, 0.25) is 0 Å². The van der Waals surface area contributed by atoms with E-state index in [0.717, 1.165) is 16.9 Å². The van der Waals surface area contributed by atoms with Crippen LogP contribution in [-0.4, -0.2) is 31.1 Å². The molecule has 0 unspecified atom stereocenters. The molecule has 0 spiro atoms. The number of aryl methyl sites for hydroxylation is 1. The number of urea groups is 1. The zero-order chi connectivity index (χ0) is 20.8. The van der Waals surface area contributed by atoms with Crippen LogP contribution in [0.25, 0.3) is 0 Å². The number of hydrogen-bond donors (Lipinski definition) is 3. The molecule has 3 rings (SSSR count). The van der Waals surface area contributed by atoms with Crippen molar-refractivity contribution in [2.45, 2.75) is 6.92 Å². The normalized spacial score (nSPS) is 10.2. The van der Waals surface area contributed by atoms with Gasteiger partial charge in [-0.1, -0.05) is 12.1 Å². The summed E-state index contributed by atoms with van der Waals surface area (Å²) in [6.45, 7) is 1.94. The minimum Gasteiger partial charge on any atom is -0.493 e. The number of amides is 3. The average Bonchev–Trinajstić information content (AvgIpc) is 3.16. The number of anilines is 3. The highest BCUT2D eigenvalue weighted by Gasteiger charge is 2.14. The Kier molecular flexibility index (Phi) is 6.30. The Balaban J connectivity index is 1.61. The second-order valence-electron chi connectivity index (χ2n) is 6.01. The van der Waals surface area contributed by atoms with E-state index in [1.807, 2.05) is 25.1 Å². The Morgan fingerprint density at radius 2 is 1.69 bits per heavy atom. The lowest BCUT2D eigenvalue weighted by Gasteiger charge is -2.10. The van der Waals surface area contributed by atoms with Gasteiger partial charge in [-0.05, 0) is 36.8 Å². The zero-order valence-electron chi connectivity index (χ0n) is 16.1. The van der Waals surface area contributed by atoms with E-state index in [9.17, 15) is 9.59 Å². The molecule has 8 nitrogen and oxygen atoms in total. The summed E-state index contributed by atoms with van der Waals surface area (Å²) in [5, 5.41) is 9.97. The lowest BCUT2D eigenvalue weighted by Crippen LogP contribution is -2.19. The van der Waals surface area contributed by atoms with Crippen LogP contribution < -0.4 is 25.4 Å². The van der Waals surface area contributed by atoms with Crippen LogP contribution in [0.3, 0.4) is 0 Å². The van der Waals surface area contributed by atoms with Crippen molar-refractivity contribution in [2.75, 3.05) is 30.2 Å². The number of methoxy groups -OCH3 is 2. The van der Waals surface area contributed by atoms with Crippen molar-refractivity contribution < 1.29 is 19.1 Å². The van der Waals surface area contributed by atoms with Crippen molar-refractivity contribution in [1.82, 2.24) is 4.98 Å². The molecule has 0 saturated heterocycles. The highest BCUT2D eigenvalue weighted by Crippen LogP contribution is 2.30. The standard InChI is InChI=1S/C20H20N4O4S/c1-12-5-4-6-13(9-12)22-19(26)24-20-23-15(11-29-20)18(25)21-14-7-8-16(27-2)17(10-14)28-3/h4-11H,1-3H3,(H,21,25)(H2,22,23,24,26). The first kappa shape index (κ1) is 20.2. The van der Waals surface area contributed by atoms with Crippen LogP contribution in [0.5, 0.6) is 11.5 Å². The van der Waals surface area contributed by atoms with Crippen LogP contribution in [0.1, 0.15) is 16.1 Å². The lowest BCUT2D eigenvalue weighted by molar-refractivity contribution is 0.102. The molecule has 1 heterocycles. The highest BCUT2D eigenvalue weighted by molar-refractivity contribution is 7.14. The third-order valence-electron chi connectivity index (χ3n) is 3.87. The fourth-order valence-corrected chi connectivity index (χ4v) is 3.21. The van der Waals surface area contributed by atoms with E-state index >= 15 is 0 Å². The zero-order valence-corrected chi connectivity index (χ0v) is 16.9. The monoisotopic (exact) mass is 412 g/mol. The van der Waals surface area contributed by atoms with Crippen molar-refractivity contribution >= 4 is 39.8 Å². The summed E-state index contributed by atoms with van der Waals surface area (Å²) >= 11 is 1.16. The van der Waals surface area contributed by atoms with Gasteiger partial charge < -0.3 is 20.1 Å². The maximum Gasteiger partial charge on any atom is 0.325 e. The quantitative estimate of drug-likeness (QED) is 0.558. The van der Waals surface area contributed by atoms with Gasteiger partial charge in [-0.25, -0.2) is 9.78 Å². The van der Waals surface area contributed by atoms with Gasteiger partial charge in [-0.2, -0.15) is 0 Å². The molecule has 9 heteroatoms. The van der Waals surface area contributed by atoms with Crippen LogP contribution >= 0.6 is 11.3 Å². The number of aromatic nitrogens is 1. The fourth-order valence-electron chi connectivity index (χ4n) is 2.53. The van der Waals surface area contributed by atoms with E-state index in [1.54, 1.807) is 29.6 Å². The first-order chi connectivity index (χ1) is 14.0. The van der Waals surface area contributed by atoms with Crippen molar-refractivity contribution in [3.8, 4) is 11.5 Å². The molecule has 150 valence electrons. The first-order valence-electron chi connectivity index (χ1n) is 8.62. The summed E-state index contributed by atoms with van der Waals surface area (Å²) in [5.41, 5.74) is 2.43. The molecule has 3 aromatic rings. The minimum atomic E-state index is -0.434. The molecule has 2 aromatic carbocycles. The number of nitrogens with one attached hydrogen (secondary N) is 3. The summed E-state index contributed by atoms with van der Waals surface area (Å²) in [5.74, 6) is 0.657. The molecule has 0 aliphatic heterocycles. The third kappa shape index (κ3) is 5.23. The molecule has 0 saturated carbocycles. The number of rotatable bonds is 6. The van der Waals surface area contributed by atoms with Gasteiger partial charge in [-0.15, -0.1) is 11.3 Å². The third-order valence-corrected chi connectivity index (χ3v) is 4.63. The molecule has 3 amide bonds. The molecule has 3 N–H and O–H groups in total. The fraction of sp³-hybridized carbons (Fsp3) is 0.150. The van der Waals surface area contributed by atoms with Gasteiger partial charge >= 0.3 is 6.03 Å². The molecule has 0 atom stereocenters. The van der Waals surface area contributed by atoms with Gasteiger partial charge in [-0.3, -0.25) is 10.1 Å². The smallest absolute Gasteiger partial charge is 0.325 e. The van der Waals surface area contributed by atoms with Gasteiger partial charge in [0, 0.05) is 22.8 Å². The maximum atomic E-state index is 12.4. The summed E-state index contributed by atoms with van der Waals surface area (Å²) in [6.07, 6.45) is 0. The number of thiazole rings is 1. The summed E-state index contributed by atoms with van der Waals surface area (Å²) in [7, 11) is 3.05. The minimum absolute atomic E-state index is 0.190. The van der Waals surface area contributed by atoms with Gasteiger partial charge in [0.1, 0.15) is 5.69 Å². The van der Waals surface area contributed by atoms with E-state index in [1.165, 1.54) is 14.2 Å².